The number of benzene rings is 1. The highest BCUT2D eigenvalue weighted by atomic mass is 32.1. The molecule has 1 fully saturated rings. The van der Waals surface area contributed by atoms with Crippen LogP contribution in [0.5, 0.6) is 0 Å². The maximum absolute atomic E-state index is 6.07. The summed E-state index contributed by atoms with van der Waals surface area (Å²) in [7, 11) is 0. The number of rotatable bonds is 2. The summed E-state index contributed by atoms with van der Waals surface area (Å²) in [6, 6.07) is 8.26. The summed E-state index contributed by atoms with van der Waals surface area (Å²) in [5, 5.41) is 1.19. The Labute approximate surface area is 86.8 Å². The molecule has 0 spiro atoms. The Morgan fingerprint density at radius 1 is 1.36 bits per heavy atom. The molecule has 0 unspecified atom stereocenters. The van der Waals surface area contributed by atoms with Crippen LogP contribution in [-0.4, -0.2) is 10.5 Å². The van der Waals surface area contributed by atoms with E-state index in [0.717, 1.165) is 24.8 Å². The molecule has 1 aromatic carbocycles. The van der Waals surface area contributed by atoms with Crippen LogP contribution in [0.3, 0.4) is 0 Å². The van der Waals surface area contributed by atoms with Gasteiger partial charge >= 0.3 is 0 Å². The van der Waals surface area contributed by atoms with Crippen LogP contribution in [0.2, 0.25) is 0 Å². The third kappa shape index (κ3) is 1.42. The summed E-state index contributed by atoms with van der Waals surface area (Å²) in [6.45, 7) is 0. The molecule has 3 rings (SSSR count). The Morgan fingerprint density at radius 3 is 2.86 bits per heavy atom. The summed E-state index contributed by atoms with van der Waals surface area (Å²) < 4.78 is 1.27. The van der Waals surface area contributed by atoms with E-state index < -0.39 is 0 Å². The van der Waals surface area contributed by atoms with Crippen LogP contribution in [0.1, 0.15) is 17.8 Å². The van der Waals surface area contributed by atoms with Gasteiger partial charge in [0, 0.05) is 12.0 Å². The van der Waals surface area contributed by atoms with Gasteiger partial charge in [-0.2, -0.15) is 0 Å². The lowest BCUT2D eigenvalue weighted by atomic mass is 10.2. The smallest absolute Gasteiger partial charge is 0.0956 e. The molecule has 0 amide bonds. The van der Waals surface area contributed by atoms with E-state index in [-0.39, 0.29) is 5.54 Å². The normalized spacial score (nSPS) is 18.6. The van der Waals surface area contributed by atoms with Crippen molar-refractivity contribution in [3.8, 4) is 0 Å². The van der Waals surface area contributed by atoms with Crippen LogP contribution >= 0.6 is 11.3 Å². The Balaban J connectivity index is 1.98. The van der Waals surface area contributed by atoms with E-state index in [2.05, 4.69) is 23.2 Å². The third-order valence-electron chi connectivity index (χ3n) is 2.73. The molecule has 0 saturated heterocycles. The monoisotopic (exact) mass is 204 g/mol. The van der Waals surface area contributed by atoms with Crippen molar-refractivity contribution in [2.24, 2.45) is 5.73 Å². The zero-order chi connectivity index (χ0) is 9.60. The van der Waals surface area contributed by atoms with Crippen molar-refractivity contribution in [2.75, 3.05) is 0 Å². The van der Waals surface area contributed by atoms with Crippen LogP contribution < -0.4 is 5.73 Å². The maximum atomic E-state index is 6.07. The average molecular weight is 204 g/mol. The maximum Gasteiger partial charge on any atom is 0.0956 e. The quantitative estimate of drug-likeness (QED) is 0.815. The number of nitrogens with two attached hydrogens (primary N) is 1. The second-order valence-corrected chi connectivity index (χ2v) is 5.23. The molecular weight excluding hydrogens is 192 g/mol. The van der Waals surface area contributed by atoms with E-state index in [9.17, 15) is 0 Å². The molecule has 1 heterocycles. The van der Waals surface area contributed by atoms with Crippen molar-refractivity contribution in [3.05, 3.63) is 29.3 Å². The molecule has 2 nitrogen and oxygen atoms in total. The topological polar surface area (TPSA) is 38.9 Å². The first-order chi connectivity index (χ1) is 6.75. The first-order valence-electron chi connectivity index (χ1n) is 4.89. The predicted molar refractivity (Wildman–Crippen MR) is 59.5 cm³/mol. The molecule has 1 saturated carbocycles. The number of para-hydroxylation sites is 1. The highest BCUT2D eigenvalue weighted by Gasteiger charge is 2.38. The molecule has 1 aromatic heterocycles. The first kappa shape index (κ1) is 8.38. The van der Waals surface area contributed by atoms with Crippen LogP contribution in [0.25, 0.3) is 10.2 Å². The van der Waals surface area contributed by atoms with Gasteiger partial charge < -0.3 is 5.73 Å². The van der Waals surface area contributed by atoms with Crippen molar-refractivity contribution in [1.82, 2.24) is 4.98 Å². The minimum Gasteiger partial charge on any atom is -0.325 e. The Hall–Kier alpha value is -0.930. The number of hydrogen-bond acceptors (Lipinski definition) is 3. The lowest BCUT2D eigenvalue weighted by Crippen LogP contribution is -2.24. The highest BCUT2D eigenvalue weighted by molar-refractivity contribution is 7.18. The summed E-state index contributed by atoms with van der Waals surface area (Å²) >= 11 is 1.77. The van der Waals surface area contributed by atoms with Crippen molar-refractivity contribution in [3.63, 3.8) is 0 Å². The number of nitrogens with zero attached hydrogens (tertiary/aromatic N) is 1. The molecule has 0 bridgehead atoms. The molecular formula is C11H12N2S. The fourth-order valence-electron chi connectivity index (χ4n) is 1.63. The van der Waals surface area contributed by atoms with E-state index >= 15 is 0 Å². The number of hydrogen-bond donors (Lipinski definition) is 1. The van der Waals surface area contributed by atoms with Crippen molar-refractivity contribution < 1.29 is 0 Å². The van der Waals surface area contributed by atoms with Crippen molar-refractivity contribution in [1.29, 1.82) is 0 Å². The van der Waals surface area contributed by atoms with Crippen LogP contribution in [0, 0.1) is 0 Å². The molecule has 3 heteroatoms. The molecule has 2 N–H and O–H groups in total. The van der Waals surface area contributed by atoms with Gasteiger partial charge in [0.15, 0.2) is 0 Å². The van der Waals surface area contributed by atoms with Crippen LogP contribution in [-0.2, 0) is 6.42 Å². The van der Waals surface area contributed by atoms with Gasteiger partial charge in [0.1, 0.15) is 0 Å². The van der Waals surface area contributed by atoms with E-state index in [1.807, 2.05) is 6.07 Å². The largest absolute Gasteiger partial charge is 0.325 e. The highest BCUT2D eigenvalue weighted by Crippen LogP contribution is 2.37. The third-order valence-corrected chi connectivity index (χ3v) is 3.77. The van der Waals surface area contributed by atoms with Gasteiger partial charge in [-0.1, -0.05) is 12.1 Å². The fourth-order valence-corrected chi connectivity index (χ4v) is 2.76. The Morgan fingerprint density at radius 2 is 2.14 bits per heavy atom. The second-order valence-electron chi connectivity index (χ2n) is 4.11. The van der Waals surface area contributed by atoms with Gasteiger partial charge in [0.05, 0.1) is 15.2 Å². The van der Waals surface area contributed by atoms with E-state index in [1.54, 1.807) is 11.3 Å². The average Bonchev–Trinajstić information content (AvgIpc) is 2.77. The van der Waals surface area contributed by atoms with Gasteiger partial charge in [0.2, 0.25) is 0 Å². The fraction of sp³-hybridized carbons (Fsp3) is 0.364. The number of aromatic nitrogens is 1. The first-order valence-corrected chi connectivity index (χ1v) is 5.70. The number of thiazole rings is 1. The van der Waals surface area contributed by atoms with Gasteiger partial charge in [-0.25, -0.2) is 4.98 Å². The van der Waals surface area contributed by atoms with Crippen molar-refractivity contribution in [2.45, 2.75) is 24.8 Å². The molecule has 1 aliphatic rings. The van der Waals surface area contributed by atoms with E-state index in [1.165, 1.54) is 9.71 Å². The van der Waals surface area contributed by atoms with E-state index in [4.69, 9.17) is 5.73 Å². The van der Waals surface area contributed by atoms with Crippen molar-refractivity contribution >= 4 is 21.6 Å². The SMILES string of the molecule is NC1(Cc2nc3ccccc3s2)CC1. The Bertz CT molecular complexity index is 438. The molecule has 72 valence electrons. The lowest BCUT2D eigenvalue weighted by molar-refractivity contribution is 0.670. The minimum absolute atomic E-state index is 0.0773. The predicted octanol–water partition coefficient (Wildman–Crippen LogP) is 2.33. The molecule has 2 aromatic rings. The van der Waals surface area contributed by atoms with Gasteiger partial charge in [-0.05, 0) is 25.0 Å². The standard InChI is InChI=1S/C11H12N2S/c12-11(5-6-11)7-10-13-8-3-1-2-4-9(8)14-10/h1-4H,5-7,12H2. The Kier molecular flexibility index (Phi) is 1.66. The van der Waals surface area contributed by atoms with E-state index in [0.29, 0.717) is 0 Å². The van der Waals surface area contributed by atoms with Gasteiger partial charge in [-0.3, -0.25) is 0 Å². The zero-order valence-electron chi connectivity index (χ0n) is 7.86. The van der Waals surface area contributed by atoms with Crippen LogP contribution in [0.15, 0.2) is 24.3 Å². The van der Waals surface area contributed by atoms with Gasteiger partial charge in [-0.15, -0.1) is 11.3 Å². The minimum atomic E-state index is 0.0773. The summed E-state index contributed by atoms with van der Waals surface area (Å²) in [5.41, 5.74) is 7.25. The molecule has 1 aliphatic carbocycles. The molecule has 0 atom stereocenters. The summed E-state index contributed by atoms with van der Waals surface area (Å²) in [6.07, 6.45) is 3.26. The zero-order valence-corrected chi connectivity index (χ0v) is 8.68. The lowest BCUT2D eigenvalue weighted by Gasteiger charge is -2.03. The molecule has 0 aliphatic heterocycles. The molecule has 14 heavy (non-hydrogen) atoms. The summed E-state index contributed by atoms with van der Waals surface area (Å²) in [4.78, 5) is 4.58. The number of fused-ring (bicyclic) bond motifs is 1. The van der Waals surface area contributed by atoms with Gasteiger partial charge in [0.25, 0.3) is 0 Å². The molecule has 0 radical (unpaired) electrons. The second kappa shape index (κ2) is 2.78. The summed E-state index contributed by atoms with van der Waals surface area (Å²) in [5.74, 6) is 0. The van der Waals surface area contributed by atoms with Crippen LogP contribution in [0.4, 0.5) is 0 Å².